The molecule has 0 saturated carbocycles. The fraction of sp³-hybridized carbons (Fsp3) is 0.500. The molecule has 0 aliphatic carbocycles. The van der Waals surface area contributed by atoms with Crippen molar-refractivity contribution < 1.29 is 14.5 Å². The van der Waals surface area contributed by atoms with Gasteiger partial charge in [0, 0.05) is 11.6 Å². The molecule has 0 aromatic carbocycles. The standard InChI is InChI=1S/C12H16N2O5/c1-3-4-5-19-11(15)8-13-7-10(14(17)18)6-9(2)12(13)16/h6-7H,3-5,8H2,1-2H3. The Morgan fingerprint density at radius 2 is 2.21 bits per heavy atom. The first kappa shape index (κ1) is 14.9. The largest absolute Gasteiger partial charge is 0.464 e. The Kier molecular flexibility index (Phi) is 5.23. The Bertz CT molecular complexity index is 535. The molecule has 0 atom stereocenters. The molecule has 0 fully saturated rings. The van der Waals surface area contributed by atoms with Crippen LogP contribution in [0, 0.1) is 17.0 Å². The van der Waals surface area contributed by atoms with E-state index in [2.05, 4.69) is 0 Å². The van der Waals surface area contributed by atoms with Gasteiger partial charge < -0.3 is 4.74 Å². The van der Waals surface area contributed by atoms with Crippen LogP contribution in [0.5, 0.6) is 0 Å². The summed E-state index contributed by atoms with van der Waals surface area (Å²) in [6.07, 6.45) is 2.69. The Balaban J connectivity index is 2.85. The van der Waals surface area contributed by atoms with Crippen LogP contribution in [-0.2, 0) is 16.1 Å². The topological polar surface area (TPSA) is 91.4 Å². The van der Waals surface area contributed by atoms with Gasteiger partial charge in [0.1, 0.15) is 6.54 Å². The quantitative estimate of drug-likeness (QED) is 0.336. The van der Waals surface area contributed by atoms with Gasteiger partial charge in [-0.2, -0.15) is 0 Å². The molecule has 0 amide bonds. The number of carbonyl (C=O) groups excluding carboxylic acids is 1. The van der Waals surface area contributed by atoms with Crippen LogP contribution < -0.4 is 5.56 Å². The highest BCUT2D eigenvalue weighted by Gasteiger charge is 2.13. The molecule has 1 rings (SSSR count). The summed E-state index contributed by atoms with van der Waals surface area (Å²) < 4.78 is 5.91. The lowest BCUT2D eigenvalue weighted by Gasteiger charge is -2.07. The third kappa shape index (κ3) is 4.20. The smallest absolute Gasteiger partial charge is 0.326 e. The van der Waals surface area contributed by atoms with Gasteiger partial charge in [0.15, 0.2) is 0 Å². The summed E-state index contributed by atoms with van der Waals surface area (Å²) in [6.45, 7) is 3.40. The lowest BCUT2D eigenvalue weighted by atomic mass is 10.3. The summed E-state index contributed by atoms with van der Waals surface area (Å²) in [6, 6.07) is 1.18. The zero-order valence-electron chi connectivity index (χ0n) is 10.9. The van der Waals surface area contributed by atoms with Crippen molar-refractivity contribution >= 4 is 11.7 Å². The average molecular weight is 268 g/mol. The molecular weight excluding hydrogens is 252 g/mol. The van der Waals surface area contributed by atoms with Crippen LogP contribution >= 0.6 is 0 Å². The van der Waals surface area contributed by atoms with Gasteiger partial charge in [-0.1, -0.05) is 13.3 Å². The molecule has 0 unspecified atom stereocenters. The van der Waals surface area contributed by atoms with Crippen LogP contribution in [0.25, 0.3) is 0 Å². The number of ether oxygens (including phenoxy) is 1. The highest BCUT2D eigenvalue weighted by Crippen LogP contribution is 2.09. The summed E-state index contributed by atoms with van der Waals surface area (Å²) in [5, 5.41) is 10.7. The van der Waals surface area contributed by atoms with E-state index in [0.29, 0.717) is 0 Å². The molecule has 1 aromatic rings. The highest BCUT2D eigenvalue weighted by molar-refractivity contribution is 5.69. The molecule has 0 aliphatic heterocycles. The lowest BCUT2D eigenvalue weighted by Crippen LogP contribution is -2.27. The number of esters is 1. The second kappa shape index (κ2) is 6.67. The van der Waals surface area contributed by atoms with Crippen molar-refractivity contribution in [2.45, 2.75) is 33.2 Å². The number of unbranched alkanes of at least 4 members (excludes halogenated alkanes) is 1. The number of aryl methyl sites for hydroxylation is 1. The molecule has 7 nitrogen and oxygen atoms in total. The van der Waals surface area contributed by atoms with Crippen LogP contribution in [-0.4, -0.2) is 22.1 Å². The minimum atomic E-state index is -0.606. The van der Waals surface area contributed by atoms with E-state index in [1.807, 2.05) is 6.92 Å². The normalized spacial score (nSPS) is 10.2. The fourth-order valence-electron chi connectivity index (χ4n) is 1.50. The van der Waals surface area contributed by atoms with E-state index in [9.17, 15) is 19.7 Å². The van der Waals surface area contributed by atoms with E-state index in [4.69, 9.17) is 4.74 Å². The molecule has 7 heteroatoms. The minimum Gasteiger partial charge on any atom is -0.464 e. The monoisotopic (exact) mass is 268 g/mol. The molecule has 0 bridgehead atoms. The maximum absolute atomic E-state index is 11.7. The molecule has 1 aromatic heterocycles. The molecule has 1 heterocycles. The van der Waals surface area contributed by atoms with Crippen LogP contribution in [0.4, 0.5) is 5.69 Å². The van der Waals surface area contributed by atoms with Gasteiger partial charge in [-0.3, -0.25) is 24.3 Å². The van der Waals surface area contributed by atoms with Crippen molar-refractivity contribution in [3.05, 3.63) is 38.3 Å². The maximum atomic E-state index is 11.7. The van der Waals surface area contributed by atoms with Gasteiger partial charge in [0.25, 0.3) is 11.2 Å². The Morgan fingerprint density at radius 1 is 1.53 bits per heavy atom. The van der Waals surface area contributed by atoms with Crippen molar-refractivity contribution in [2.75, 3.05) is 6.61 Å². The first-order chi connectivity index (χ1) is 8.95. The number of aromatic nitrogens is 1. The summed E-state index contributed by atoms with van der Waals surface area (Å²) >= 11 is 0. The third-order valence-electron chi connectivity index (χ3n) is 2.52. The van der Waals surface area contributed by atoms with Crippen LogP contribution in [0.1, 0.15) is 25.3 Å². The van der Waals surface area contributed by atoms with Crippen molar-refractivity contribution in [1.82, 2.24) is 4.57 Å². The Hall–Kier alpha value is -2.18. The molecule has 19 heavy (non-hydrogen) atoms. The first-order valence-electron chi connectivity index (χ1n) is 5.96. The number of nitrogens with zero attached hydrogens (tertiary/aromatic N) is 2. The predicted octanol–water partition coefficient (Wildman–Crippen LogP) is 1.41. The summed E-state index contributed by atoms with van der Waals surface area (Å²) in [7, 11) is 0. The van der Waals surface area contributed by atoms with Gasteiger partial charge in [-0.15, -0.1) is 0 Å². The van der Waals surface area contributed by atoms with E-state index < -0.39 is 16.5 Å². The second-order valence-corrected chi connectivity index (χ2v) is 4.15. The molecular formula is C12H16N2O5. The lowest BCUT2D eigenvalue weighted by molar-refractivity contribution is -0.385. The number of hydrogen-bond donors (Lipinski definition) is 0. The van der Waals surface area contributed by atoms with Gasteiger partial charge in [0.05, 0.1) is 17.7 Å². The number of hydrogen-bond acceptors (Lipinski definition) is 5. The Labute approximate surface area is 110 Å². The third-order valence-corrected chi connectivity index (χ3v) is 2.52. The summed E-state index contributed by atoms with van der Waals surface area (Å²) in [4.78, 5) is 33.3. The zero-order valence-corrected chi connectivity index (χ0v) is 10.9. The predicted molar refractivity (Wildman–Crippen MR) is 68.0 cm³/mol. The number of carbonyl (C=O) groups is 1. The summed E-state index contributed by atoms with van der Waals surface area (Å²) in [5.74, 6) is -0.574. The van der Waals surface area contributed by atoms with Gasteiger partial charge in [0.2, 0.25) is 0 Å². The van der Waals surface area contributed by atoms with Gasteiger partial charge in [-0.05, 0) is 13.3 Å². The van der Waals surface area contributed by atoms with Crippen molar-refractivity contribution in [3.8, 4) is 0 Å². The van der Waals surface area contributed by atoms with Gasteiger partial charge >= 0.3 is 5.97 Å². The van der Waals surface area contributed by atoms with E-state index >= 15 is 0 Å². The van der Waals surface area contributed by atoms with E-state index in [1.54, 1.807) is 0 Å². The maximum Gasteiger partial charge on any atom is 0.326 e. The summed E-state index contributed by atoms with van der Waals surface area (Å²) in [5.41, 5.74) is -0.438. The van der Waals surface area contributed by atoms with E-state index in [1.165, 1.54) is 13.0 Å². The highest BCUT2D eigenvalue weighted by atomic mass is 16.6. The molecule has 104 valence electrons. The van der Waals surface area contributed by atoms with E-state index in [-0.39, 0.29) is 24.4 Å². The van der Waals surface area contributed by atoms with Gasteiger partial charge in [-0.25, -0.2) is 0 Å². The molecule has 0 saturated heterocycles. The molecule has 0 radical (unpaired) electrons. The molecule has 0 spiro atoms. The fourth-order valence-corrected chi connectivity index (χ4v) is 1.50. The number of pyridine rings is 1. The molecule has 0 N–H and O–H groups in total. The number of nitro groups is 1. The van der Waals surface area contributed by atoms with Crippen LogP contribution in [0.2, 0.25) is 0 Å². The zero-order chi connectivity index (χ0) is 14.4. The van der Waals surface area contributed by atoms with Crippen LogP contribution in [0.3, 0.4) is 0 Å². The van der Waals surface area contributed by atoms with Crippen molar-refractivity contribution in [1.29, 1.82) is 0 Å². The van der Waals surface area contributed by atoms with Crippen molar-refractivity contribution in [3.63, 3.8) is 0 Å². The second-order valence-electron chi connectivity index (χ2n) is 4.15. The SMILES string of the molecule is CCCCOC(=O)Cn1cc([N+](=O)[O-])cc(C)c1=O. The molecule has 0 aliphatic rings. The minimum absolute atomic E-state index is 0.218. The first-order valence-corrected chi connectivity index (χ1v) is 5.96. The van der Waals surface area contributed by atoms with E-state index in [0.717, 1.165) is 23.6 Å². The average Bonchev–Trinajstić information content (AvgIpc) is 2.34. The van der Waals surface area contributed by atoms with Crippen LogP contribution in [0.15, 0.2) is 17.1 Å². The Morgan fingerprint density at radius 3 is 2.79 bits per heavy atom. The van der Waals surface area contributed by atoms with Crippen molar-refractivity contribution in [2.24, 2.45) is 0 Å². The number of rotatable bonds is 6.